The van der Waals surface area contributed by atoms with Crippen molar-refractivity contribution in [2.24, 2.45) is 0 Å². The number of hydrogen-bond acceptors (Lipinski definition) is 6. The highest BCUT2D eigenvalue weighted by atomic mass is 16.6. The average molecular weight is 295 g/mol. The molecule has 0 aliphatic carbocycles. The number of rotatable bonds is 7. The highest BCUT2D eigenvalue weighted by Crippen LogP contribution is 2.22. The van der Waals surface area contributed by atoms with Gasteiger partial charge in [-0.25, -0.2) is 0 Å². The van der Waals surface area contributed by atoms with Crippen molar-refractivity contribution in [3.05, 3.63) is 33.9 Å². The summed E-state index contributed by atoms with van der Waals surface area (Å²) < 4.78 is 5.29. The third-order valence-corrected chi connectivity index (χ3v) is 3.51. The van der Waals surface area contributed by atoms with Crippen LogP contribution < -0.4 is 5.32 Å². The smallest absolute Gasteiger partial charge is 0.274 e. The first kappa shape index (κ1) is 15.7. The van der Waals surface area contributed by atoms with E-state index in [-0.39, 0.29) is 11.4 Å². The lowest BCUT2D eigenvalue weighted by atomic mass is 10.1. The predicted octanol–water partition coefficient (Wildman–Crippen LogP) is 1.11. The number of phenols is 1. The molecule has 1 aliphatic heterocycles. The molecule has 0 unspecified atom stereocenters. The fraction of sp³-hybridized carbons (Fsp3) is 0.571. The molecule has 0 atom stereocenters. The number of ether oxygens (including phenoxy) is 1. The molecule has 0 saturated carbocycles. The summed E-state index contributed by atoms with van der Waals surface area (Å²) in [6.45, 7) is 5.69. The molecular formula is C14H21N3O4. The van der Waals surface area contributed by atoms with Gasteiger partial charge in [0.15, 0.2) is 0 Å². The Labute approximate surface area is 123 Å². The number of nitro benzene ring substituents is 1. The summed E-state index contributed by atoms with van der Waals surface area (Å²) in [4.78, 5) is 12.8. The van der Waals surface area contributed by atoms with Gasteiger partial charge in [0.05, 0.1) is 18.1 Å². The van der Waals surface area contributed by atoms with Crippen LogP contribution in [0.2, 0.25) is 0 Å². The van der Waals surface area contributed by atoms with Gasteiger partial charge < -0.3 is 15.2 Å². The van der Waals surface area contributed by atoms with Crippen molar-refractivity contribution < 1.29 is 14.8 Å². The van der Waals surface area contributed by atoms with Gasteiger partial charge in [0.2, 0.25) is 0 Å². The van der Waals surface area contributed by atoms with Crippen LogP contribution in [0.15, 0.2) is 18.2 Å². The van der Waals surface area contributed by atoms with Crippen LogP contribution in [0.4, 0.5) is 5.69 Å². The number of nitrogens with zero attached hydrogens (tertiary/aromatic N) is 2. The van der Waals surface area contributed by atoms with Crippen LogP contribution in [-0.2, 0) is 11.3 Å². The summed E-state index contributed by atoms with van der Waals surface area (Å²) >= 11 is 0. The zero-order valence-electron chi connectivity index (χ0n) is 12.0. The first-order chi connectivity index (χ1) is 10.2. The van der Waals surface area contributed by atoms with E-state index in [0.717, 1.165) is 45.8 Å². The largest absolute Gasteiger partial charge is 0.508 e. The molecule has 1 aliphatic rings. The molecule has 1 saturated heterocycles. The minimum Gasteiger partial charge on any atom is -0.508 e. The minimum absolute atomic E-state index is 0.0356. The van der Waals surface area contributed by atoms with Crippen LogP contribution in [0.25, 0.3) is 0 Å². The van der Waals surface area contributed by atoms with Gasteiger partial charge in [-0.15, -0.1) is 0 Å². The molecule has 0 spiro atoms. The van der Waals surface area contributed by atoms with Gasteiger partial charge in [0.1, 0.15) is 5.75 Å². The molecule has 1 aromatic rings. The Balaban J connectivity index is 1.73. The molecular weight excluding hydrogens is 274 g/mol. The van der Waals surface area contributed by atoms with Crippen LogP contribution in [0.3, 0.4) is 0 Å². The van der Waals surface area contributed by atoms with E-state index in [1.54, 1.807) is 0 Å². The Hall–Kier alpha value is -1.70. The Kier molecular flexibility index (Phi) is 5.91. The van der Waals surface area contributed by atoms with E-state index >= 15 is 0 Å². The lowest BCUT2D eigenvalue weighted by molar-refractivity contribution is -0.385. The number of morpholine rings is 1. The van der Waals surface area contributed by atoms with Crippen molar-refractivity contribution in [2.75, 3.05) is 39.4 Å². The quantitative estimate of drug-likeness (QED) is 0.445. The van der Waals surface area contributed by atoms with Gasteiger partial charge >= 0.3 is 0 Å². The second-order valence-electron chi connectivity index (χ2n) is 5.05. The average Bonchev–Trinajstić information content (AvgIpc) is 2.48. The number of nitro groups is 1. The van der Waals surface area contributed by atoms with Crippen molar-refractivity contribution in [3.63, 3.8) is 0 Å². The van der Waals surface area contributed by atoms with Crippen molar-refractivity contribution in [1.82, 2.24) is 10.2 Å². The SMILES string of the molecule is O=[N+]([O-])c1ccc(O)cc1CNCCCN1CCOCC1. The number of nitrogens with one attached hydrogen (secondary N) is 1. The number of phenolic OH excluding ortho intramolecular Hbond substituents is 1. The third kappa shape index (κ3) is 4.96. The normalized spacial score (nSPS) is 16.0. The Bertz CT molecular complexity index is 475. The van der Waals surface area contributed by atoms with Gasteiger partial charge in [-0.05, 0) is 31.6 Å². The molecule has 0 radical (unpaired) electrons. The maximum absolute atomic E-state index is 10.9. The zero-order chi connectivity index (χ0) is 15.1. The number of benzene rings is 1. The molecule has 0 aromatic heterocycles. The molecule has 0 bridgehead atoms. The van der Waals surface area contributed by atoms with Crippen molar-refractivity contribution in [2.45, 2.75) is 13.0 Å². The van der Waals surface area contributed by atoms with Crippen molar-refractivity contribution in [3.8, 4) is 5.75 Å². The minimum atomic E-state index is -0.426. The first-order valence-corrected chi connectivity index (χ1v) is 7.14. The molecule has 1 heterocycles. The van der Waals surface area contributed by atoms with Crippen LogP contribution in [0, 0.1) is 10.1 Å². The fourth-order valence-electron chi connectivity index (χ4n) is 2.37. The highest BCUT2D eigenvalue weighted by Gasteiger charge is 2.14. The van der Waals surface area contributed by atoms with Crippen molar-refractivity contribution >= 4 is 5.69 Å². The van der Waals surface area contributed by atoms with E-state index in [1.165, 1.54) is 18.2 Å². The molecule has 116 valence electrons. The summed E-state index contributed by atoms with van der Waals surface area (Å²) in [6, 6.07) is 4.10. The summed E-state index contributed by atoms with van der Waals surface area (Å²) in [5.74, 6) is 0.0470. The maximum Gasteiger partial charge on any atom is 0.274 e. The molecule has 7 heteroatoms. The van der Waals surface area contributed by atoms with Crippen LogP contribution in [0.5, 0.6) is 5.75 Å². The maximum atomic E-state index is 10.9. The second-order valence-corrected chi connectivity index (χ2v) is 5.05. The van der Waals surface area contributed by atoms with Crippen LogP contribution in [0.1, 0.15) is 12.0 Å². The summed E-state index contributed by atoms with van der Waals surface area (Å²) in [5, 5.41) is 23.5. The predicted molar refractivity (Wildman–Crippen MR) is 78.3 cm³/mol. The standard InChI is InChI=1S/C14H21N3O4/c18-13-2-3-14(17(19)20)12(10-13)11-15-4-1-5-16-6-8-21-9-7-16/h2-3,10,15,18H,1,4-9,11H2. The second kappa shape index (κ2) is 7.92. The Morgan fingerprint density at radius 1 is 1.38 bits per heavy atom. The van der Waals surface area contributed by atoms with E-state index < -0.39 is 4.92 Å². The van der Waals surface area contributed by atoms with E-state index in [4.69, 9.17) is 4.74 Å². The monoisotopic (exact) mass is 295 g/mol. The third-order valence-electron chi connectivity index (χ3n) is 3.51. The first-order valence-electron chi connectivity index (χ1n) is 7.14. The van der Waals surface area contributed by atoms with E-state index in [1.807, 2.05) is 0 Å². The molecule has 7 nitrogen and oxygen atoms in total. The lowest BCUT2D eigenvalue weighted by Gasteiger charge is -2.26. The lowest BCUT2D eigenvalue weighted by Crippen LogP contribution is -2.37. The molecule has 2 N–H and O–H groups in total. The van der Waals surface area contributed by atoms with E-state index in [0.29, 0.717) is 12.1 Å². The van der Waals surface area contributed by atoms with E-state index in [2.05, 4.69) is 10.2 Å². The van der Waals surface area contributed by atoms with Crippen LogP contribution >= 0.6 is 0 Å². The topological polar surface area (TPSA) is 87.9 Å². The summed E-state index contributed by atoms with van der Waals surface area (Å²) in [6.07, 6.45) is 0.979. The van der Waals surface area contributed by atoms with Gasteiger partial charge in [-0.2, -0.15) is 0 Å². The Morgan fingerprint density at radius 2 is 2.14 bits per heavy atom. The molecule has 1 fully saturated rings. The molecule has 2 rings (SSSR count). The van der Waals surface area contributed by atoms with Gasteiger partial charge in [-0.3, -0.25) is 15.0 Å². The van der Waals surface area contributed by atoms with Crippen LogP contribution in [-0.4, -0.2) is 54.3 Å². The number of aromatic hydroxyl groups is 1. The fourth-order valence-corrected chi connectivity index (χ4v) is 2.37. The van der Waals surface area contributed by atoms with Gasteiger partial charge in [-0.1, -0.05) is 0 Å². The number of hydrogen-bond donors (Lipinski definition) is 2. The summed E-state index contributed by atoms with van der Waals surface area (Å²) in [7, 11) is 0. The summed E-state index contributed by atoms with van der Waals surface area (Å²) in [5.41, 5.74) is 0.542. The molecule has 21 heavy (non-hydrogen) atoms. The molecule has 1 aromatic carbocycles. The van der Waals surface area contributed by atoms with E-state index in [9.17, 15) is 15.2 Å². The Morgan fingerprint density at radius 3 is 2.86 bits per heavy atom. The van der Waals surface area contributed by atoms with Crippen molar-refractivity contribution in [1.29, 1.82) is 0 Å². The molecule has 0 amide bonds. The zero-order valence-corrected chi connectivity index (χ0v) is 12.0. The van der Waals surface area contributed by atoms with Gasteiger partial charge in [0, 0.05) is 31.3 Å². The highest BCUT2D eigenvalue weighted by molar-refractivity contribution is 5.44. The van der Waals surface area contributed by atoms with Gasteiger partial charge in [0.25, 0.3) is 5.69 Å².